The number of nitrogens with zero attached hydrogens (tertiary/aromatic N) is 1. The zero-order valence-electron chi connectivity index (χ0n) is 17.9. The lowest BCUT2D eigenvalue weighted by molar-refractivity contribution is 0.275. The van der Waals surface area contributed by atoms with Crippen LogP contribution < -0.4 is 15.4 Å². The van der Waals surface area contributed by atoms with Gasteiger partial charge in [0.2, 0.25) is 0 Å². The molecule has 2 aromatic carbocycles. The minimum atomic E-state index is -0.416. The second-order valence-corrected chi connectivity index (χ2v) is 6.90. The lowest BCUT2D eigenvalue weighted by Gasteiger charge is -2.16. The molecule has 31 heavy (non-hydrogen) atoms. The maximum atomic E-state index is 13.6. The molecule has 0 bridgehead atoms. The van der Waals surface area contributed by atoms with Gasteiger partial charge in [-0.1, -0.05) is 18.2 Å². The first-order valence-corrected chi connectivity index (χ1v) is 10.1. The molecule has 1 atom stereocenters. The number of halogens is 2. The molecule has 3 rings (SSSR count). The van der Waals surface area contributed by atoms with Crippen molar-refractivity contribution in [2.24, 2.45) is 4.99 Å². The van der Waals surface area contributed by atoms with Gasteiger partial charge in [0, 0.05) is 17.5 Å². The topological polar surface area (TPSA) is 79.0 Å². The van der Waals surface area contributed by atoms with Crippen molar-refractivity contribution in [3.63, 3.8) is 0 Å². The molecule has 0 saturated carbocycles. The van der Waals surface area contributed by atoms with Crippen LogP contribution in [-0.4, -0.2) is 24.2 Å². The number of ether oxygens (including phenoxy) is 1. The Hall–Kier alpha value is -2.33. The van der Waals surface area contributed by atoms with E-state index < -0.39 is 5.82 Å². The van der Waals surface area contributed by atoms with Crippen LogP contribution in [0.4, 0.5) is 4.39 Å². The number of furan rings is 1. The Balaban J connectivity index is 0.00000341. The van der Waals surface area contributed by atoms with Crippen LogP contribution in [0.25, 0.3) is 11.0 Å². The lowest BCUT2D eigenvalue weighted by Crippen LogP contribution is -2.38. The van der Waals surface area contributed by atoms with Gasteiger partial charge in [-0.3, -0.25) is 0 Å². The summed E-state index contributed by atoms with van der Waals surface area (Å²) < 4.78 is 25.3. The first-order valence-electron chi connectivity index (χ1n) is 10.1. The summed E-state index contributed by atoms with van der Waals surface area (Å²) in [5.74, 6) is 1.70. The molecule has 168 valence electrons. The van der Waals surface area contributed by atoms with E-state index in [1.165, 1.54) is 6.07 Å². The number of para-hydroxylation sites is 1. The van der Waals surface area contributed by atoms with Gasteiger partial charge in [0.05, 0.1) is 25.8 Å². The van der Waals surface area contributed by atoms with Gasteiger partial charge in [-0.25, -0.2) is 9.38 Å². The van der Waals surface area contributed by atoms with Gasteiger partial charge in [0.15, 0.2) is 17.3 Å². The van der Waals surface area contributed by atoms with Crippen LogP contribution >= 0.6 is 24.0 Å². The molecule has 0 aliphatic heterocycles. The van der Waals surface area contributed by atoms with Gasteiger partial charge >= 0.3 is 0 Å². The Morgan fingerprint density at radius 3 is 2.74 bits per heavy atom. The van der Waals surface area contributed by atoms with Gasteiger partial charge in [0.1, 0.15) is 11.6 Å². The van der Waals surface area contributed by atoms with E-state index in [1.54, 1.807) is 12.1 Å². The van der Waals surface area contributed by atoms with Gasteiger partial charge in [0.25, 0.3) is 0 Å². The number of aliphatic hydroxyl groups excluding tert-OH is 1. The maximum absolute atomic E-state index is 13.6. The minimum Gasteiger partial charge on any atom is -0.490 e. The van der Waals surface area contributed by atoms with Crippen LogP contribution in [-0.2, 0) is 13.2 Å². The van der Waals surface area contributed by atoms with Gasteiger partial charge in [-0.05, 0) is 50.6 Å². The van der Waals surface area contributed by atoms with Crippen LogP contribution in [0.1, 0.15) is 43.7 Å². The molecule has 3 N–H and O–H groups in total. The summed E-state index contributed by atoms with van der Waals surface area (Å²) >= 11 is 0. The third-order valence-electron chi connectivity index (χ3n) is 4.65. The molecule has 0 amide bonds. The molecule has 0 fully saturated rings. The number of benzene rings is 2. The second-order valence-electron chi connectivity index (χ2n) is 6.90. The molecule has 0 aliphatic carbocycles. The molecule has 0 spiro atoms. The van der Waals surface area contributed by atoms with Crippen molar-refractivity contribution < 1.29 is 18.7 Å². The molecular weight excluding hydrogens is 512 g/mol. The number of aliphatic hydroxyl groups is 1. The number of nitrogens with one attached hydrogen (secondary N) is 2. The highest BCUT2D eigenvalue weighted by Gasteiger charge is 2.15. The quantitative estimate of drug-likeness (QED) is 0.215. The second kappa shape index (κ2) is 11.9. The minimum absolute atomic E-state index is 0. The van der Waals surface area contributed by atoms with Gasteiger partial charge in [-0.15, -0.1) is 24.0 Å². The van der Waals surface area contributed by atoms with Crippen LogP contribution in [0.2, 0.25) is 0 Å². The van der Waals surface area contributed by atoms with E-state index in [9.17, 15) is 9.50 Å². The molecule has 0 saturated heterocycles. The van der Waals surface area contributed by atoms with Gasteiger partial charge < -0.3 is 24.9 Å². The number of hydrogen-bond donors (Lipinski definition) is 3. The predicted molar refractivity (Wildman–Crippen MR) is 131 cm³/mol. The summed E-state index contributed by atoms with van der Waals surface area (Å²) in [6.45, 7) is 7.20. The Morgan fingerprint density at radius 2 is 2.03 bits per heavy atom. The molecule has 1 unspecified atom stereocenters. The average molecular weight is 541 g/mol. The third kappa shape index (κ3) is 6.33. The van der Waals surface area contributed by atoms with E-state index >= 15 is 0 Å². The van der Waals surface area contributed by atoms with E-state index in [2.05, 4.69) is 15.6 Å². The fourth-order valence-corrected chi connectivity index (χ4v) is 3.15. The molecular formula is C23H29FIN3O3. The van der Waals surface area contributed by atoms with E-state index in [0.29, 0.717) is 25.7 Å². The first kappa shape index (κ1) is 24.9. The molecule has 3 aromatic rings. The third-order valence-corrected chi connectivity index (χ3v) is 4.65. The summed E-state index contributed by atoms with van der Waals surface area (Å²) in [6.07, 6.45) is 0. The normalized spacial score (nSPS) is 12.4. The zero-order valence-corrected chi connectivity index (χ0v) is 20.3. The summed E-state index contributed by atoms with van der Waals surface area (Å²) in [4.78, 5) is 4.58. The molecule has 1 heterocycles. The fourth-order valence-electron chi connectivity index (χ4n) is 3.15. The Bertz CT molecular complexity index is 1020. The largest absolute Gasteiger partial charge is 0.490 e. The van der Waals surface area contributed by atoms with E-state index in [0.717, 1.165) is 28.0 Å². The van der Waals surface area contributed by atoms with Gasteiger partial charge in [-0.2, -0.15) is 0 Å². The summed E-state index contributed by atoms with van der Waals surface area (Å²) in [5, 5.41) is 16.8. The van der Waals surface area contributed by atoms with E-state index in [-0.39, 0.29) is 42.2 Å². The van der Waals surface area contributed by atoms with Crippen LogP contribution in [0.5, 0.6) is 5.75 Å². The number of aliphatic imine (C=N–C) groups is 1. The number of fused-ring (bicyclic) bond motifs is 1. The number of guanidine groups is 1. The highest BCUT2D eigenvalue weighted by molar-refractivity contribution is 14.0. The first-order chi connectivity index (χ1) is 14.5. The van der Waals surface area contributed by atoms with E-state index in [1.807, 2.05) is 45.0 Å². The fraction of sp³-hybridized carbons (Fsp3) is 0.348. The van der Waals surface area contributed by atoms with Crippen LogP contribution in [0.3, 0.4) is 0 Å². The Morgan fingerprint density at radius 1 is 1.23 bits per heavy atom. The molecule has 6 nitrogen and oxygen atoms in total. The van der Waals surface area contributed by atoms with Crippen molar-refractivity contribution in [1.82, 2.24) is 10.6 Å². The van der Waals surface area contributed by atoms with Crippen molar-refractivity contribution in [2.45, 2.75) is 40.0 Å². The average Bonchev–Trinajstić information content (AvgIpc) is 3.19. The zero-order chi connectivity index (χ0) is 21.5. The van der Waals surface area contributed by atoms with Crippen molar-refractivity contribution in [3.8, 4) is 5.75 Å². The maximum Gasteiger partial charge on any atom is 0.192 e. The van der Waals surface area contributed by atoms with Crippen LogP contribution in [0, 0.1) is 5.82 Å². The SMILES string of the molecule is CCNC(=NCc1ccc(F)c(CO)c1)NC(C)c1cc2cccc(OCC)c2o1.I. The monoisotopic (exact) mass is 541 g/mol. The van der Waals surface area contributed by atoms with Crippen molar-refractivity contribution >= 4 is 40.9 Å². The summed E-state index contributed by atoms with van der Waals surface area (Å²) in [6, 6.07) is 12.3. The lowest BCUT2D eigenvalue weighted by atomic mass is 10.1. The Labute approximate surface area is 198 Å². The standard InChI is InChI=1S/C23H28FN3O3.HI/c1-4-25-23(26-13-16-9-10-19(24)18(11-16)14-28)27-15(3)21-12-17-7-6-8-20(29-5-2)22(17)30-21;/h6-12,15,28H,4-5,13-14H2,1-3H3,(H2,25,26,27);1H. The van der Waals surface area contributed by atoms with Crippen molar-refractivity contribution in [1.29, 1.82) is 0 Å². The highest BCUT2D eigenvalue weighted by Crippen LogP contribution is 2.31. The van der Waals surface area contributed by atoms with Crippen molar-refractivity contribution in [3.05, 3.63) is 65.2 Å². The summed E-state index contributed by atoms with van der Waals surface area (Å²) in [7, 11) is 0. The number of hydrogen-bond acceptors (Lipinski definition) is 4. The number of rotatable bonds is 8. The van der Waals surface area contributed by atoms with E-state index in [4.69, 9.17) is 9.15 Å². The van der Waals surface area contributed by atoms with Crippen LogP contribution in [0.15, 0.2) is 51.9 Å². The predicted octanol–water partition coefficient (Wildman–Crippen LogP) is 4.90. The molecule has 0 radical (unpaired) electrons. The summed E-state index contributed by atoms with van der Waals surface area (Å²) in [5.41, 5.74) is 1.81. The molecule has 0 aliphatic rings. The molecule has 8 heteroatoms. The molecule has 1 aromatic heterocycles. The van der Waals surface area contributed by atoms with Crippen molar-refractivity contribution in [2.75, 3.05) is 13.2 Å². The Kier molecular flexibility index (Phi) is 9.57. The highest BCUT2D eigenvalue weighted by atomic mass is 127. The smallest absolute Gasteiger partial charge is 0.192 e.